The molecule has 0 saturated heterocycles. The van der Waals surface area contributed by atoms with Crippen molar-refractivity contribution >= 4 is 21.6 Å². The maximum atomic E-state index is 13.2. The molecular weight excluding hydrogens is 305 g/mol. The molecular formula is C16H15BrFN. The summed E-state index contributed by atoms with van der Waals surface area (Å²) in [6, 6.07) is 13.5. The molecule has 0 aliphatic heterocycles. The van der Waals surface area contributed by atoms with Gasteiger partial charge in [0.2, 0.25) is 0 Å². The monoisotopic (exact) mass is 319 g/mol. The van der Waals surface area contributed by atoms with Crippen LogP contribution < -0.4 is 5.32 Å². The van der Waals surface area contributed by atoms with Gasteiger partial charge in [-0.05, 0) is 60.7 Å². The van der Waals surface area contributed by atoms with Crippen LogP contribution in [0.3, 0.4) is 0 Å². The van der Waals surface area contributed by atoms with E-state index in [0.717, 1.165) is 29.4 Å². The van der Waals surface area contributed by atoms with Gasteiger partial charge in [-0.2, -0.15) is 0 Å². The van der Waals surface area contributed by atoms with E-state index in [1.165, 1.54) is 17.2 Å². The van der Waals surface area contributed by atoms with Crippen LogP contribution in [0.2, 0.25) is 0 Å². The summed E-state index contributed by atoms with van der Waals surface area (Å²) in [6.45, 7) is 0. The van der Waals surface area contributed by atoms with Crippen LogP contribution in [0.1, 0.15) is 17.5 Å². The molecule has 2 aromatic rings. The number of benzene rings is 2. The molecule has 0 spiro atoms. The SMILES string of the molecule is Fc1cccc(NC2CCc3cc(Br)ccc3C2)c1. The molecule has 19 heavy (non-hydrogen) atoms. The summed E-state index contributed by atoms with van der Waals surface area (Å²) in [5, 5.41) is 3.43. The summed E-state index contributed by atoms with van der Waals surface area (Å²) in [4.78, 5) is 0. The third-order valence-electron chi connectivity index (χ3n) is 3.59. The van der Waals surface area contributed by atoms with Gasteiger partial charge < -0.3 is 5.32 Å². The average Bonchev–Trinajstić information content (AvgIpc) is 2.39. The Labute approximate surface area is 121 Å². The molecule has 0 saturated carbocycles. The Morgan fingerprint density at radius 2 is 2.00 bits per heavy atom. The Balaban J connectivity index is 1.74. The van der Waals surface area contributed by atoms with Crippen LogP contribution in [0, 0.1) is 5.82 Å². The number of rotatable bonds is 2. The second kappa shape index (κ2) is 5.33. The van der Waals surface area contributed by atoms with Gasteiger partial charge in [0.25, 0.3) is 0 Å². The third kappa shape index (κ3) is 2.98. The molecule has 1 nitrogen and oxygen atoms in total. The normalized spacial score (nSPS) is 17.9. The Hall–Kier alpha value is -1.35. The number of aryl methyl sites for hydroxylation is 1. The summed E-state index contributed by atoms with van der Waals surface area (Å²) >= 11 is 3.51. The number of nitrogens with one attached hydrogen (secondary N) is 1. The summed E-state index contributed by atoms with van der Waals surface area (Å²) in [5.74, 6) is -0.190. The fourth-order valence-corrected chi connectivity index (χ4v) is 3.07. The van der Waals surface area contributed by atoms with E-state index < -0.39 is 0 Å². The highest BCUT2D eigenvalue weighted by atomic mass is 79.9. The van der Waals surface area contributed by atoms with Crippen molar-refractivity contribution in [3.63, 3.8) is 0 Å². The predicted molar refractivity (Wildman–Crippen MR) is 80.0 cm³/mol. The Morgan fingerprint density at radius 1 is 1.11 bits per heavy atom. The molecule has 98 valence electrons. The van der Waals surface area contributed by atoms with Crippen LogP contribution in [-0.4, -0.2) is 6.04 Å². The molecule has 1 N–H and O–H groups in total. The standard InChI is InChI=1S/C16H15BrFN/c17-13-6-4-12-9-16(7-5-11(12)8-13)19-15-3-1-2-14(18)10-15/h1-4,6,8,10,16,19H,5,7,9H2. The van der Waals surface area contributed by atoms with E-state index in [-0.39, 0.29) is 5.82 Å². The first-order valence-corrected chi connectivity index (χ1v) is 7.29. The van der Waals surface area contributed by atoms with Crippen molar-refractivity contribution in [1.82, 2.24) is 0 Å². The van der Waals surface area contributed by atoms with Gasteiger partial charge in [-0.25, -0.2) is 4.39 Å². The van der Waals surface area contributed by atoms with E-state index in [4.69, 9.17) is 0 Å². The molecule has 1 aliphatic rings. The number of fused-ring (bicyclic) bond motifs is 1. The van der Waals surface area contributed by atoms with E-state index in [9.17, 15) is 4.39 Å². The minimum absolute atomic E-state index is 0.190. The molecule has 1 aliphatic carbocycles. The fraction of sp³-hybridized carbons (Fsp3) is 0.250. The van der Waals surface area contributed by atoms with Crippen molar-refractivity contribution in [2.45, 2.75) is 25.3 Å². The molecule has 0 amide bonds. The zero-order chi connectivity index (χ0) is 13.2. The molecule has 1 atom stereocenters. The van der Waals surface area contributed by atoms with Gasteiger partial charge in [-0.1, -0.05) is 28.1 Å². The Kier molecular flexibility index (Phi) is 3.56. The lowest BCUT2D eigenvalue weighted by atomic mass is 9.88. The lowest BCUT2D eigenvalue weighted by molar-refractivity contribution is 0.606. The number of halogens is 2. The largest absolute Gasteiger partial charge is 0.382 e. The number of hydrogen-bond donors (Lipinski definition) is 1. The summed E-state index contributed by atoms with van der Waals surface area (Å²) in [7, 11) is 0. The van der Waals surface area contributed by atoms with Gasteiger partial charge in [0.15, 0.2) is 0 Å². The van der Waals surface area contributed by atoms with Crippen molar-refractivity contribution < 1.29 is 4.39 Å². The van der Waals surface area contributed by atoms with Crippen molar-refractivity contribution in [1.29, 1.82) is 0 Å². The van der Waals surface area contributed by atoms with Crippen molar-refractivity contribution in [3.05, 3.63) is 63.9 Å². The van der Waals surface area contributed by atoms with E-state index in [1.807, 2.05) is 6.07 Å². The highest BCUT2D eigenvalue weighted by molar-refractivity contribution is 9.10. The van der Waals surface area contributed by atoms with E-state index in [2.05, 4.69) is 39.4 Å². The summed E-state index contributed by atoms with van der Waals surface area (Å²) in [5.41, 5.74) is 3.68. The van der Waals surface area contributed by atoms with Gasteiger partial charge in [0.05, 0.1) is 0 Å². The van der Waals surface area contributed by atoms with Crippen LogP contribution in [0.25, 0.3) is 0 Å². The maximum Gasteiger partial charge on any atom is 0.125 e. The van der Waals surface area contributed by atoms with E-state index >= 15 is 0 Å². The second-order valence-electron chi connectivity index (χ2n) is 5.01. The molecule has 0 heterocycles. The molecule has 1 unspecified atom stereocenters. The minimum Gasteiger partial charge on any atom is -0.382 e. The summed E-state index contributed by atoms with van der Waals surface area (Å²) < 4.78 is 14.3. The Morgan fingerprint density at radius 3 is 2.84 bits per heavy atom. The number of anilines is 1. The molecule has 0 radical (unpaired) electrons. The average molecular weight is 320 g/mol. The van der Waals surface area contributed by atoms with Gasteiger partial charge >= 0.3 is 0 Å². The molecule has 0 aromatic heterocycles. The van der Waals surface area contributed by atoms with E-state index in [1.54, 1.807) is 12.1 Å². The lowest BCUT2D eigenvalue weighted by Crippen LogP contribution is -2.27. The maximum absolute atomic E-state index is 13.2. The zero-order valence-electron chi connectivity index (χ0n) is 10.5. The van der Waals surface area contributed by atoms with Crippen molar-refractivity contribution in [2.24, 2.45) is 0 Å². The van der Waals surface area contributed by atoms with Gasteiger partial charge in [-0.15, -0.1) is 0 Å². The van der Waals surface area contributed by atoms with Crippen molar-refractivity contribution in [3.8, 4) is 0 Å². The van der Waals surface area contributed by atoms with Crippen LogP contribution >= 0.6 is 15.9 Å². The quantitative estimate of drug-likeness (QED) is 0.855. The molecule has 3 rings (SSSR count). The van der Waals surface area contributed by atoms with Crippen LogP contribution in [-0.2, 0) is 12.8 Å². The predicted octanol–water partition coefficient (Wildman–Crippen LogP) is 4.56. The fourth-order valence-electron chi connectivity index (χ4n) is 2.66. The number of hydrogen-bond acceptors (Lipinski definition) is 1. The smallest absolute Gasteiger partial charge is 0.125 e. The highest BCUT2D eigenvalue weighted by Crippen LogP contribution is 2.26. The molecule has 3 heteroatoms. The first-order chi connectivity index (χ1) is 9.20. The summed E-state index contributed by atoms with van der Waals surface area (Å²) in [6.07, 6.45) is 3.15. The molecule has 0 bridgehead atoms. The molecule has 0 fully saturated rings. The van der Waals surface area contributed by atoms with Crippen LogP contribution in [0.15, 0.2) is 46.9 Å². The van der Waals surface area contributed by atoms with Crippen molar-refractivity contribution in [2.75, 3.05) is 5.32 Å². The minimum atomic E-state index is -0.190. The second-order valence-corrected chi connectivity index (χ2v) is 5.92. The topological polar surface area (TPSA) is 12.0 Å². The Bertz CT molecular complexity index is 597. The first-order valence-electron chi connectivity index (χ1n) is 6.50. The lowest BCUT2D eigenvalue weighted by Gasteiger charge is -2.26. The first kappa shape index (κ1) is 12.7. The molecule has 2 aromatic carbocycles. The third-order valence-corrected chi connectivity index (χ3v) is 4.09. The van der Waals surface area contributed by atoms with E-state index in [0.29, 0.717) is 6.04 Å². The van der Waals surface area contributed by atoms with Gasteiger partial charge in [0.1, 0.15) is 5.82 Å². The highest BCUT2D eigenvalue weighted by Gasteiger charge is 2.18. The zero-order valence-corrected chi connectivity index (χ0v) is 12.1. The van der Waals surface area contributed by atoms with Gasteiger partial charge in [-0.3, -0.25) is 0 Å². The van der Waals surface area contributed by atoms with Gasteiger partial charge in [0, 0.05) is 16.2 Å². The van der Waals surface area contributed by atoms with Crippen LogP contribution in [0.4, 0.5) is 10.1 Å². The van der Waals surface area contributed by atoms with Crippen LogP contribution in [0.5, 0.6) is 0 Å².